The summed E-state index contributed by atoms with van der Waals surface area (Å²) in [5.74, 6) is -1.18. The second-order valence-electron chi connectivity index (χ2n) is 5.71. The minimum Gasteiger partial charge on any atom is -0.477 e. The van der Waals surface area contributed by atoms with Gasteiger partial charge < -0.3 is 10.4 Å². The summed E-state index contributed by atoms with van der Waals surface area (Å²) in [7, 11) is 0. The van der Waals surface area contributed by atoms with Crippen molar-refractivity contribution < 1.29 is 14.7 Å². The highest BCUT2D eigenvalue weighted by molar-refractivity contribution is 5.94. The minimum atomic E-state index is -1.14. The Morgan fingerprint density at radius 1 is 1.13 bits per heavy atom. The average molecular weight is 310 g/mol. The van der Waals surface area contributed by atoms with Crippen molar-refractivity contribution in [1.82, 2.24) is 10.3 Å². The first kappa shape index (κ1) is 15.2. The summed E-state index contributed by atoms with van der Waals surface area (Å²) >= 11 is 0. The van der Waals surface area contributed by atoms with E-state index in [2.05, 4.69) is 22.4 Å². The monoisotopic (exact) mass is 310 g/mol. The number of hydrogen-bond donors (Lipinski definition) is 2. The standard InChI is InChI=1S/C18H18N2O3/c21-17(15-9-4-10-16(20-15)18(22)23)19-11-13-7-3-6-12-5-1-2-8-14(12)13/h1-2,4-5,8-10,13H,3,6-7,11H2,(H,19,21)(H,22,23). The lowest BCUT2D eigenvalue weighted by atomic mass is 9.83. The Kier molecular flexibility index (Phi) is 4.37. The minimum absolute atomic E-state index is 0.124. The lowest BCUT2D eigenvalue weighted by Gasteiger charge is -2.25. The number of amides is 1. The van der Waals surface area contributed by atoms with Gasteiger partial charge in [-0.15, -0.1) is 0 Å². The van der Waals surface area contributed by atoms with E-state index in [-0.39, 0.29) is 17.3 Å². The van der Waals surface area contributed by atoms with Gasteiger partial charge in [0, 0.05) is 12.5 Å². The fraction of sp³-hybridized carbons (Fsp3) is 0.278. The number of aromatic carboxylic acids is 1. The summed E-state index contributed by atoms with van der Waals surface area (Å²) in [6, 6.07) is 12.8. The Labute approximate surface area is 134 Å². The molecule has 0 radical (unpaired) electrons. The van der Waals surface area contributed by atoms with Gasteiger partial charge in [0.2, 0.25) is 0 Å². The van der Waals surface area contributed by atoms with Gasteiger partial charge in [0.1, 0.15) is 11.4 Å². The number of nitrogens with one attached hydrogen (secondary N) is 1. The van der Waals surface area contributed by atoms with Crippen molar-refractivity contribution >= 4 is 11.9 Å². The maximum absolute atomic E-state index is 12.2. The van der Waals surface area contributed by atoms with Crippen LogP contribution >= 0.6 is 0 Å². The summed E-state index contributed by atoms with van der Waals surface area (Å²) in [6.45, 7) is 0.537. The highest BCUT2D eigenvalue weighted by Gasteiger charge is 2.20. The number of pyridine rings is 1. The Hall–Kier alpha value is -2.69. The number of hydrogen-bond acceptors (Lipinski definition) is 3. The number of aromatic nitrogens is 1. The Balaban J connectivity index is 1.68. The zero-order chi connectivity index (χ0) is 16.2. The molecule has 118 valence electrons. The molecule has 0 saturated heterocycles. The topological polar surface area (TPSA) is 79.3 Å². The number of carbonyl (C=O) groups is 2. The van der Waals surface area contributed by atoms with Gasteiger partial charge in [0.25, 0.3) is 5.91 Å². The molecular formula is C18H18N2O3. The van der Waals surface area contributed by atoms with Gasteiger partial charge in [0.05, 0.1) is 0 Å². The van der Waals surface area contributed by atoms with E-state index < -0.39 is 5.97 Å². The number of carboxylic acid groups (broad SMARTS) is 1. The summed E-state index contributed by atoms with van der Waals surface area (Å²) in [4.78, 5) is 27.0. The molecule has 1 heterocycles. The lowest BCUT2D eigenvalue weighted by Crippen LogP contribution is -2.30. The van der Waals surface area contributed by atoms with Gasteiger partial charge in [0.15, 0.2) is 0 Å². The first-order valence-electron chi connectivity index (χ1n) is 7.71. The molecule has 1 unspecified atom stereocenters. The molecule has 1 amide bonds. The summed E-state index contributed by atoms with van der Waals surface area (Å²) in [6.07, 6.45) is 3.24. The van der Waals surface area contributed by atoms with Crippen LogP contribution < -0.4 is 5.32 Å². The number of aryl methyl sites for hydroxylation is 1. The molecule has 1 aromatic heterocycles. The second kappa shape index (κ2) is 6.60. The molecule has 3 rings (SSSR count). The molecule has 5 heteroatoms. The summed E-state index contributed by atoms with van der Waals surface area (Å²) in [5.41, 5.74) is 2.66. The normalized spacial score (nSPS) is 16.4. The average Bonchev–Trinajstić information content (AvgIpc) is 2.59. The predicted molar refractivity (Wildman–Crippen MR) is 85.7 cm³/mol. The smallest absolute Gasteiger partial charge is 0.354 e. The van der Waals surface area contributed by atoms with E-state index in [1.165, 1.54) is 29.3 Å². The van der Waals surface area contributed by atoms with E-state index in [1.54, 1.807) is 0 Å². The number of nitrogens with zero attached hydrogens (tertiary/aromatic N) is 1. The van der Waals surface area contributed by atoms with Crippen molar-refractivity contribution in [3.8, 4) is 0 Å². The number of carbonyl (C=O) groups excluding carboxylic acids is 1. The van der Waals surface area contributed by atoms with Crippen LogP contribution in [0, 0.1) is 0 Å². The molecule has 1 aromatic carbocycles. The van der Waals surface area contributed by atoms with Crippen molar-refractivity contribution in [1.29, 1.82) is 0 Å². The predicted octanol–water partition coefficient (Wildman–Crippen LogP) is 2.63. The van der Waals surface area contributed by atoms with Gasteiger partial charge in [-0.25, -0.2) is 9.78 Å². The van der Waals surface area contributed by atoms with Gasteiger partial charge >= 0.3 is 5.97 Å². The number of fused-ring (bicyclic) bond motifs is 1. The largest absolute Gasteiger partial charge is 0.477 e. The summed E-state index contributed by atoms with van der Waals surface area (Å²) in [5, 5.41) is 11.8. The molecule has 1 aliphatic rings. The lowest BCUT2D eigenvalue weighted by molar-refractivity contribution is 0.0690. The third kappa shape index (κ3) is 3.39. The number of carboxylic acids is 1. The molecule has 0 fully saturated rings. The Morgan fingerprint density at radius 2 is 1.91 bits per heavy atom. The van der Waals surface area contributed by atoms with Crippen LogP contribution in [0.15, 0.2) is 42.5 Å². The first-order valence-corrected chi connectivity index (χ1v) is 7.71. The summed E-state index contributed by atoms with van der Waals surface area (Å²) < 4.78 is 0. The van der Waals surface area contributed by atoms with E-state index in [0.29, 0.717) is 12.5 Å². The molecule has 2 N–H and O–H groups in total. The van der Waals surface area contributed by atoms with Crippen molar-refractivity contribution in [2.45, 2.75) is 25.2 Å². The van der Waals surface area contributed by atoms with E-state index >= 15 is 0 Å². The van der Waals surface area contributed by atoms with Crippen LogP contribution in [0.3, 0.4) is 0 Å². The molecule has 5 nitrogen and oxygen atoms in total. The second-order valence-corrected chi connectivity index (χ2v) is 5.71. The zero-order valence-corrected chi connectivity index (χ0v) is 12.7. The van der Waals surface area contributed by atoms with Gasteiger partial charge in [-0.3, -0.25) is 4.79 Å². The highest BCUT2D eigenvalue weighted by atomic mass is 16.4. The van der Waals surface area contributed by atoms with Crippen molar-refractivity contribution in [2.75, 3.05) is 6.54 Å². The fourth-order valence-electron chi connectivity index (χ4n) is 3.05. The Morgan fingerprint density at radius 3 is 2.74 bits per heavy atom. The molecule has 0 aliphatic heterocycles. The van der Waals surface area contributed by atoms with E-state index in [1.807, 2.05) is 12.1 Å². The zero-order valence-electron chi connectivity index (χ0n) is 12.7. The van der Waals surface area contributed by atoms with Crippen LogP contribution in [0.4, 0.5) is 0 Å². The Bertz CT molecular complexity index is 743. The van der Waals surface area contributed by atoms with Gasteiger partial charge in [-0.1, -0.05) is 30.3 Å². The molecule has 1 aliphatic carbocycles. The van der Waals surface area contributed by atoms with Gasteiger partial charge in [-0.2, -0.15) is 0 Å². The number of benzene rings is 1. The highest BCUT2D eigenvalue weighted by Crippen LogP contribution is 2.30. The number of rotatable bonds is 4. The van der Waals surface area contributed by atoms with Crippen LogP contribution in [-0.2, 0) is 6.42 Å². The maximum atomic E-state index is 12.2. The van der Waals surface area contributed by atoms with Crippen molar-refractivity contribution in [3.05, 3.63) is 65.0 Å². The maximum Gasteiger partial charge on any atom is 0.354 e. The van der Waals surface area contributed by atoms with Crippen molar-refractivity contribution in [2.24, 2.45) is 0 Å². The molecular weight excluding hydrogens is 292 g/mol. The van der Waals surface area contributed by atoms with Crippen LogP contribution in [0.2, 0.25) is 0 Å². The molecule has 1 atom stereocenters. The van der Waals surface area contributed by atoms with Crippen molar-refractivity contribution in [3.63, 3.8) is 0 Å². The molecule has 0 saturated carbocycles. The van der Waals surface area contributed by atoms with E-state index in [9.17, 15) is 9.59 Å². The third-order valence-corrected chi connectivity index (χ3v) is 4.20. The third-order valence-electron chi connectivity index (χ3n) is 4.20. The molecule has 23 heavy (non-hydrogen) atoms. The van der Waals surface area contributed by atoms with Gasteiger partial charge in [-0.05, 0) is 42.5 Å². The van der Waals surface area contributed by atoms with Crippen LogP contribution in [0.25, 0.3) is 0 Å². The molecule has 0 spiro atoms. The SMILES string of the molecule is O=C(O)c1cccc(C(=O)NCC2CCCc3ccccc32)n1. The first-order chi connectivity index (χ1) is 11.1. The van der Waals surface area contributed by atoms with Crippen LogP contribution in [0.1, 0.15) is 50.9 Å². The van der Waals surface area contributed by atoms with Crippen LogP contribution in [0.5, 0.6) is 0 Å². The molecule has 2 aromatic rings. The quantitative estimate of drug-likeness (QED) is 0.910. The van der Waals surface area contributed by atoms with E-state index in [0.717, 1.165) is 19.3 Å². The van der Waals surface area contributed by atoms with Crippen LogP contribution in [-0.4, -0.2) is 28.5 Å². The fourth-order valence-corrected chi connectivity index (χ4v) is 3.05. The molecule has 0 bridgehead atoms. The van der Waals surface area contributed by atoms with E-state index in [4.69, 9.17) is 5.11 Å².